The van der Waals surface area contributed by atoms with E-state index in [0.717, 1.165) is 38.8 Å². The van der Waals surface area contributed by atoms with Crippen LogP contribution in [0.25, 0.3) is 0 Å². The van der Waals surface area contributed by atoms with Gasteiger partial charge >= 0.3 is 0 Å². The molecule has 9 N–H and O–H groups in total. The van der Waals surface area contributed by atoms with Gasteiger partial charge in [0.25, 0.3) is 0 Å². The highest BCUT2D eigenvalue weighted by Crippen LogP contribution is 2.14. The van der Waals surface area contributed by atoms with Gasteiger partial charge in [-0.15, -0.1) is 0 Å². The van der Waals surface area contributed by atoms with E-state index in [1.165, 1.54) is 154 Å². The molecule has 0 bridgehead atoms. The minimum atomic E-state index is -0.779. The number of rotatable bonds is 39. The largest absolute Gasteiger partial charge is 0.370 e. The summed E-state index contributed by atoms with van der Waals surface area (Å²) in [4.78, 5) is 31.8. The van der Waals surface area contributed by atoms with Crippen molar-refractivity contribution >= 4 is 17.8 Å². The Balaban J connectivity index is 4.44. The lowest BCUT2D eigenvalue weighted by Gasteiger charge is -2.26. The van der Waals surface area contributed by atoms with E-state index in [4.69, 9.17) is 22.9 Å². The molecule has 0 aromatic heterocycles. The molecule has 52 heavy (non-hydrogen) atoms. The van der Waals surface area contributed by atoms with Crippen LogP contribution in [-0.2, 0) is 9.59 Å². The molecular formula is C43H87N7O2. The molecule has 9 nitrogen and oxygen atoms in total. The first-order valence-electron chi connectivity index (χ1n) is 22.1. The van der Waals surface area contributed by atoms with E-state index in [0.29, 0.717) is 19.4 Å². The number of amides is 2. The topological polar surface area (TPSA) is 166 Å². The van der Waals surface area contributed by atoms with E-state index >= 15 is 0 Å². The number of nitrogens with zero attached hydrogens (tertiary/aromatic N) is 2. The van der Waals surface area contributed by atoms with Gasteiger partial charge in [-0.25, -0.2) is 0 Å². The molecule has 9 heteroatoms. The van der Waals surface area contributed by atoms with Gasteiger partial charge in [-0.3, -0.25) is 14.6 Å². The normalized spacial score (nSPS) is 12.6. The SMILES string of the molecule is CCCCCCCCC=CCCCCCCCCN(CCCCCCCCCCCCCCCC)C(=O)[C@@H](N)CNC(=O)[C@@H](N)CCCN=C(N)N. The third-order valence-corrected chi connectivity index (χ3v) is 10.2. The molecule has 0 aliphatic heterocycles. The molecular weight excluding hydrogens is 647 g/mol. The molecule has 0 unspecified atom stereocenters. The molecule has 0 spiro atoms. The first kappa shape index (κ1) is 49.9. The zero-order valence-corrected chi connectivity index (χ0v) is 34.4. The maximum absolute atomic E-state index is 13.4. The highest BCUT2D eigenvalue weighted by molar-refractivity contribution is 5.85. The molecule has 0 fully saturated rings. The molecule has 0 aromatic carbocycles. The molecule has 0 aromatic rings. The molecule has 306 valence electrons. The molecule has 0 saturated carbocycles. The van der Waals surface area contributed by atoms with E-state index in [2.05, 4.69) is 36.3 Å². The zero-order chi connectivity index (χ0) is 38.3. The summed E-state index contributed by atoms with van der Waals surface area (Å²) >= 11 is 0. The van der Waals surface area contributed by atoms with Crippen molar-refractivity contribution in [3.8, 4) is 0 Å². The van der Waals surface area contributed by atoms with Crippen molar-refractivity contribution in [1.82, 2.24) is 10.2 Å². The second-order valence-electron chi connectivity index (χ2n) is 15.3. The van der Waals surface area contributed by atoms with Gasteiger partial charge in [-0.05, 0) is 51.4 Å². The number of nitrogens with two attached hydrogens (primary N) is 4. The Bertz CT molecular complexity index is 862. The lowest BCUT2D eigenvalue weighted by atomic mass is 10.0. The number of allylic oxidation sites excluding steroid dienone is 2. The number of carbonyl (C=O) groups is 2. The Labute approximate surface area is 321 Å². The second-order valence-corrected chi connectivity index (χ2v) is 15.3. The number of guanidine groups is 1. The average Bonchev–Trinajstić information content (AvgIpc) is 3.13. The van der Waals surface area contributed by atoms with Gasteiger partial charge in [0.1, 0.15) is 6.04 Å². The summed E-state index contributed by atoms with van der Waals surface area (Å²) in [5, 5.41) is 2.78. The van der Waals surface area contributed by atoms with Gasteiger partial charge < -0.3 is 33.2 Å². The first-order valence-corrected chi connectivity index (χ1v) is 22.1. The van der Waals surface area contributed by atoms with E-state index < -0.39 is 12.1 Å². The van der Waals surface area contributed by atoms with Crippen LogP contribution in [0.4, 0.5) is 0 Å². The lowest BCUT2D eigenvalue weighted by molar-refractivity contribution is -0.133. The third kappa shape index (κ3) is 33.7. The summed E-state index contributed by atoms with van der Waals surface area (Å²) in [5.41, 5.74) is 23.1. The predicted octanol–water partition coefficient (Wildman–Crippen LogP) is 9.16. The summed E-state index contributed by atoms with van der Waals surface area (Å²) in [6.45, 7) is 6.51. The van der Waals surface area contributed by atoms with E-state index in [-0.39, 0.29) is 24.3 Å². The van der Waals surface area contributed by atoms with Crippen molar-refractivity contribution in [2.75, 3.05) is 26.2 Å². The van der Waals surface area contributed by atoms with Gasteiger partial charge in [-0.1, -0.05) is 167 Å². The summed E-state index contributed by atoms with van der Waals surface area (Å²) < 4.78 is 0. The van der Waals surface area contributed by atoms with Gasteiger partial charge in [0, 0.05) is 26.2 Å². The predicted molar refractivity (Wildman–Crippen MR) is 225 cm³/mol. The van der Waals surface area contributed by atoms with Gasteiger partial charge in [0.2, 0.25) is 11.8 Å². The van der Waals surface area contributed by atoms with Crippen LogP contribution in [0.2, 0.25) is 0 Å². The smallest absolute Gasteiger partial charge is 0.241 e. The number of nitrogens with one attached hydrogen (secondary N) is 1. The van der Waals surface area contributed by atoms with E-state index in [1.54, 1.807) is 0 Å². The monoisotopic (exact) mass is 734 g/mol. The number of aliphatic imine (C=N–C) groups is 1. The minimum absolute atomic E-state index is 0.0263. The Morgan fingerprint density at radius 2 is 0.942 bits per heavy atom. The standard InChI is InChI=1S/C43H87N7O2/c1-3-5-7-9-11-13-15-17-19-20-22-24-26-28-30-32-37-50(36-31-29-27-25-23-21-18-16-14-12-10-8-6-4-2)42(52)40(45)38-49-41(51)39(44)34-33-35-48-43(46)47/h17,19,39-40H,3-16,18,20-38,44-45H2,1-2H3,(H,49,51)(H4,46,47,48)/t39-,40-/m0/s1. The fraction of sp³-hybridized carbons (Fsp3) is 0.884. The molecule has 0 aliphatic carbocycles. The van der Waals surface area contributed by atoms with Gasteiger partial charge in [-0.2, -0.15) is 0 Å². The number of carbonyl (C=O) groups excluding carboxylic acids is 2. The van der Waals surface area contributed by atoms with Crippen LogP contribution in [0.3, 0.4) is 0 Å². The minimum Gasteiger partial charge on any atom is -0.370 e. The van der Waals surface area contributed by atoms with Crippen molar-refractivity contribution < 1.29 is 9.59 Å². The summed E-state index contributed by atoms with van der Waals surface area (Å²) in [6.07, 6.45) is 41.8. The summed E-state index contributed by atoms with van der Waals surface area (Å²) in [5.74, 6) is -0.359. The van der Waals surface area contributed by atoms with Crippen molar-refractivity contribution in [1.29, 1.82) is 0 Å². The second kappa shape index (κ2) is 38.6. The maximum atomic E-state index is 13.4. The summed E-state index contributed by atoms with van der Waals surface area (Å²) in [6, 6.07) is -1.47. The Hall–Kier alpha value is -2.13. The Kier molecular flexibility index (Phi) is 37.0. The van der Waals surface area contributed by atoms with Crippen molar-refractivity contribution in [2.45, 2.75) is 219 Å². The number of hydrogen-bond donors (Lipinski definition) is 5. The van der Waals surface area contributed by atoms with Crippen LogP contribution < -0.4 is 28.3 Å². The number of hydrogen-bond acceptors (Lipinski definition) is 5. The van der Waals surface area contributed by atoms with Crippen molar-refractivity contribution in [2.24, 2.45) is 27.9 Å². The lowest BCUT2D eigenvalue weighted by Crippen LogP contribution is -2.52. The van der Waals surface area contributed by atoms with Crippen LogP contribution >= 0.6 is 0 Å². The first-order chi connectivity index (χ1) is 25.3. The molecule has 0 radical (unpaired) electrons. The van der Waals surface area contributed by atoms with E-state index in [1.807, 2.05) is 4.90 Å². The fourth-order valence-electron chi connectivity index (χ4n) is 6.69. The van der Waals surface area contributed by atoms with Crippen molar-refractivity contribution in [3.05, 3.63) is 12.2 Å². The highest BCUT2D eigenvalue weighted by atomic mass is 16.2. The zero-order valence-electron chi connectivity index (χ0n) is 34.4. The van der Waals surface area contributed by atoms with Crippen LogP contribution in [-0.4, -0.2) is 60.9 Å². The van der Waals surface area contributed by atoms with Gasteiger partial charge in [0.05, 0.1) is 6.04 Å². The third-order valence-electron chi connectivity index (χ3n) is 10.2. The quantitative estimate of drug-likeness (QED) is 0.0183. The van der Waals surface area contributed by atoms with Crippen LogP contribution in [0.15, 0.2) is 17.1 Å². The van der Waals surface area contributed by atoms with Crippen LogP contribution in [0.5, 0.6) is 0 Å². The number of unbranched alkanes of at least 4 members (excludes halogenated alkanes) is 25. The molecule has 2 atom stereocenters. The molecule has 0 saturated heterocycles. The molecule has 0 heterocycles. The average molecular weight is 734 g/mol. The molecule has 2 amide bonds. The molecule has 0 rings (SSSR count). The Morgan fingerprint density at radius 1 is 0.558 bits per heavy atom. The Morgan fingerprint density at radius 3 is 1.35 bits per heavy atom. The molecule has 0 aliphatic rings. The van der Waals surface area contributed by atoms with Crippen LogP contribution in [0, 0.1) is 0 Å². The summed E-state index contributed by atoms with van der Waals surface area (Å²) in [7, 11) is 0. The van der Waals surface area contributed by atoms with Crippen LogP contribution in [0.1, 0.15) is 206 Å². The fourth-order valence-corrected chi connectivity index (χ4v) is 6.69. The van der Waals surface area contributed by atoms with Gasteiger partial charge in [0.15, 0.2) is 5.96 Å². The highest BCUT2D eigenvalue weighted by Gasteiger charge is 2.22. The van der Waals surface area contributed by atoms with Crippen molar-refractivity contribution in [3.63, 3.8) is 0 Å². The van der Waals surface area contributed by atoms with E-state index in [9.17, 15) is 9.59 Å². The maximum Gasteiger partial charge on any atom is 0.241 e.